The Hall–Kier alpha value is -2.56. The summed E-state index contributed by atoms with van der Waals surface area (Å²) in [5.74, 6) is -8.63. The Labute approximate surface area is 125 Å². The zero-order valence-corrected chi connectivity index (χ0v) is 11.8. The highest BCUT2D eigenvalue weighted by molar-refractivity contribution is 5.64. The van der Waals surface area contributed by atoms with Crippen LogP contribution < -0.4 is 0 Å². The van der Waals surface area contributed by atoms with E-state index in [0.717, 1.165) is 0 Å². The van der Waals surface area contributed by atoms with E-state index in [2.05, 4.69) is 13.2 Å². The SMILES string of the molecule is C=C(C)c1c(F)c(O)c(F)c(F)c1F.C=Cc1ccccc1. The highest BCUT2D eigenvalue weighted by Crippen LogP contribution is 2.31. The van der Waals surface area contributed by atoms with Gasteiger partial charge in [0.1, 0.15) is 0 Å². The average molecular weight is 310 g/mol. The minimum absolute atomic E-state index is 0.144. The summed E-state index contributed by atoms with van der Waals surface area (Å²) < 4.78 is 51.2. The van der Waals surface area contributed by atoms with Gasteiger partial charge in [0.25, 0.3) is 0 Å². The first-order valence-corrected chi connectivity index (χ1v) is 6.19. The molecule has 0 atom stereocenters. The van der Waals surface area contributed by atoms with Crippen molar-refractivity contribution in [2.24, 2.45) is 0 Å². The van der Waals surface area contributed by atoms with Crippen LogP contribution in [0, 0.1) is 23.3 Å². The van der Waals surface area contributed by atoms with E-state index in [0.29, 0.717) is 0 Å². The van der Waals surface area contributed by atoms with Gasteiger partial charge in [0, 0.05) is 0 Å². The van der Waals surface area contributed by atoms with Crippen molar-refractivity contribution < 1.29 is 22.7 Å². The summed E-state index contributed by atoms with van der Waals surface area (Å²) in [6, 6.07) is 10.0. The predicted octanol–water partition coefficient (Wildman–Crippen LogP) is 5.31. The smallest absolute Gasteiger partial charge is 0.206 e. The van der Waals surface area contributed by atoms with E-state index < -0.39 is 34.6 Å². The molecule has 1 nitrogen and oxygen atoms in total. The summed E-state index contributed by atoms with van der Waals surface area (Å²) in [5.41, 5.74) is 0.183. The van der Waals surface area contributed by atoms with E-state index in [1.807, 2.05) is 36.4 Å². The molecule has 0 heterocycles. The Morgan fingerprint density at radius 2 is 1.50 bits per heavy atom. The Kier molecular flexibility index (Phi) is 5.92. The largest absolute Gasteiger partial charge is 0.503 e. The second-order valence-electron chi connectivity index (χ2n) is 4.37. The summed E-state index contributed by atoms with van der Waals surface area (Å²) in [6.45, 7) is 8.02. The van der Waals surface area contributed by atoms with Crippen molar-refractivity contribution in [2.45, 2.75) is 6.92 Å². The fraction of sp³-hybridized carbons (Fsp3) is 0.0588. The molecule has 2 aromatic carbocycles. The van der Waals surface area contributed by atoms with Crippen LogP contribution in [0.2, 0.25) is 0 Å². The molecule has 22 heavy (non-hydrogen) atoms. The maximum Gasteiger partial charge on any atom is 0.206 e. The zero-order chi connectivity index (χ0) is 16.9. The lowest BCUT2D eigenvalue weighted by atomic mass is 10.1. The Morgan fingerprint density at radius 3 is 1.91 bits per heavy atom. The van der Waals surface area contributed by atoms with Gasteiger partial charge >= 0.3 is 0 Å². The van der Waals surface area contributed by atoms with E-state index in [9.17, 15) is 17.6 Å². The quantitative estimate of drug-likeness (QED) is 0.453. The first-order valence-electron chi connectivity index (χ1n) is 6.19. The van der Waals surface area contributed by atoms with Crippen molar-refractivity contribution in [3.8, 4) is 5.75 Å². The molecule has 0 aliphatic carbocycles. The molecule has 0 spiro atoms. The topological polar surface area (TPSA) is 20.2 Å². The van der Waals surface area contributed by atoms with E-state index in [-0.39, 0.29) is 5.57 Å². The maximum atomic E-state index is 13.0. The van der Waals surface area contributed by atoms with Crippen molar-refractivity contribution in [3.63, 3.8) is 0 Å². The summed E-state index contributed by atoms with van der Waals surface area (Å²) in [6.07, 6.45) is 1.83. The maximum absolute atomic E-state index is 13.0. The van der Waals surface area contributed by atoms with Gasteiger partial charge in [-0.2, -0.15) is 4.39 Å². The van der Waals surface area contributed by atoms with E-state index in [4.69, 9.17) is 5.11 Å². The normalized spacial score (nSPS) is 9.68. The van der Waals surface area contributed by atoms with Gasteiger partial charge in [-0.05, 0) is 18.1 Å². The third-order valence-electron chi connectivity index (χ3n) is 2.70. The van der Waals surface area contributed by atoms with Crippen LogP contribution in [0.4, 0.5) is 17.6 Å². The molecular formula is C17H14F4O. The van der Waals surface area contributed by atoms with Crippen LogP contribution in [-0.4, -0.2) is 5.11 Å². The van der Waals surface area contributed by atoms with Crippen molar-refractivity contribution in [3.05, 3.63) is 77.9 Å². The number of rotatable bonds is 2. The summed E-state index contributed by atoms with van der Waals surface area (Å²) in [7, 11) is 0. The number of phenols is 1. The molecule has 0 saturated heterocycles. The molecule has 0 bridgehead atoms. The number of allylic oxidation sites excluding steroid dienone is 1. The summed E-state index contributed by atoms with van der Waals surface area (Å²) >= 11 is 0. The predicted molar refractivity (Wildman–Crippen MR) is 79.2 cm³/mol. The highest BCUT2D eigenvalue weighted by atomic mass is 19.2. The van der Waals surface area contributed by atoms with Gasteiger partial charge in [-0.3, -0.25) is 0 Å². The molecular weight excluding hydrogens is 296 g/mol. The van der Waals surface area contributed by atoms with Gasteiger partial charge < -0.3 is 5.11 Å². The van der Waals surface area contributed by atoms with Crippen LogP contribution in [-0.2, 0) is 0 Å². The van der Waals surface area contributed by atoms with Crippen LogP contribution in [0.5, 0.6) is 5.75 Å². The first-order chi connectivity index (χ1) is 10.3. The molecule has 0 radical (unpaired) electrons. The van der Waals surface area contributed by atoms with Gasteiger partial charge in [0.2, 0.25) is 5.82 Å². The molecule has 116 valence electrons. The van der Waals surface area contributed by atoms with E-state index >= 15 is 0 Å². The van der Waals surface area contributed by atoms with Gasteiger partial charge in [-0.15, -0.1) is 0 Å². The van der Waals surface area contributed by atoms with Crippen molar-refractivity contribution in [1.82, 2.24) is 0 Å². The molecule has 0 unspecified atom stereocenters. The fourth-order valence-electron chi connectivity index (χ4n) is 1.58. The molecule has 1 N–H and O–H groups in total. The highest BCUT2D eigenvalue weighted by Gasteiger charge is 2.25. The first kappa shape index (κ1) is 17.5. The lowest BCUT2D eigenvalue weighted by Crippen LogP contribution is -2.01. The number of aromatic hydroxyl groups is 1. The molecule has 0 aliphatic rings. The molecule has 2 aromatic rings. The van der Waals surface area contributed by atoms with E-state index in [1.165, 1.54) is 12.5 Å². The van der Waals surface area contributed by atoms with Gasteiger partial charge in [0.15, 0.2) is 23.2 Å². The van der Waals surface area contributed by atoms with Crippen LogP contribution in [0.15, 0.2) is 43.5 Å². The molecule has 0 saturated carbocycles. The van der Waals surface area contributed by atoms with Crippen LogP contribution in [0.3, 0.4) is 0 Å². The lowest BCUT2D eigenvalue weighted by Gasteiger charge is -2.07. The van der Waals surface area contributed by atoms with Crippen LogP contribution in [0.1, 0.15) is 18.1 Å². The summed E-state index contributed by atoms with van der Waals surface area (Å²) in [5, 5.41) is 8.74. The second-order valence-corrected chi connectivity index (χ2v) is 4.37. The average Bonchev–Trinajstić information content (AvgIpc) is 2.52. The Morgan fingerprint density at radius 1 is 0.955 bits per heavy atom. The van der Waals surface area contributed by atoms with Gasteiger partial charge in [0.05, 0.1) is 5.56 Å². The standard InChI is InChI=1S/C9H6F4O.C8H8/c1-3(2)4-5(10)7(12)8(13)9(14)6(4)11;1-2-8-6-4-3-5-7-8/h14H,1H2,2H3;2-7H,1H2. The fourth-order valence-corrected chi connectivity index (χ4v) is 1.58. The lowest BCUT2D eigenvalue weighted by molar-refractivity contribution is 0.357. The molecule has 2 rings (SSSR count). The number of hydrogen-bond donors (Lipinski definition) is 1. The number of phenolic OH excluding ortho intramolecular Hbond substituents is 1. The molecule has 0 fully saturated rings. The molecule has 5 heteroatoms. The van der Waals surface area contributed by atoms with Gasteiger partial charge in [-0.1, -0.05) is 49.6 Å². The van der Waals surface area contributed by atoms with Crippen molar-refractivity contribution >= 4 is 11.6 Å². The van der Waals surface area contributed by atoms with E-state index in [1.54, 1.807) is 0 Å². The molecule has 0 aromatic heterocycles. The zero-order valence-electron chi connectivity index (χ0n) is 11.8. The Bertz CT molecular complexity index is 665. The number of benzene rings is 2. The van der Waals surface area contributed by atoms with Crippen molar-refractivity contribution in [1.29, 1.82) is 0 Å². The van der Waals surface area contributed by atoms with Crippen molar-refractivity contribution in [2.75, 3.05) is 0 Å². The minimum Gasteiger partial charge on any atom is -0.503 e. The second kappa shape index (κ2) is 7.45. The number of hydrogen-bond acceptors (Lipinski definition) is 1. The van der Waals surface area contributed by atoms with Crippen LogP contribution >= 0.6 is 0 Å². The third kappa shape index (κ3) is 3.75. The van der Waals surface area contributed by atoms with Gasteiger partial charge in [-0.25, -0.2) is 13.2 Å². The monoisotopic (exact) mass is 310 g/mol. The third-order valence-corrected chi connectivity index (χ3v) is 2.70. The Balaban J connectivity index is 0.000000255. The van der Waals surface area contributed by atoms with Crippen LogP contribution in [0.25, 0.3) is 11.6 Å². The number of halogens is 4. The summed E-state index contributed by atoms with van der Waals surface area (Å²) in [4.78, 5) is 0. The molecule has 0 aliphatic heterocycles. The molecule has 0 amide bonds. The minimum atomic E-state index is -1.94.